The van der Waals surface area contributed by atoms with E-state index in [1.807, 2.05) is 27.7 Å². The number of carbonyl (C=O) groups excluding carboxylic acids is 3. The largest absolute Gasteiger partial charge is 0.444 e. The van der Waals surface area contributed by atoms with E-state index in [4.69, 9.17) is 4.74 Å². The zero-order chi connectivity index (χ0) is 23.5. The van der Waals surface area contributed by atoms with Gasteiger partial charge in [0, 0.05) is 39.8 Å². The molecular formula is C23H38IN5O4. The van der Waals surface area contributed by atoms with E-state index in [0.717, 1.165) is 12.8 Å². The molecule has 1 saturated carbocycles. The number of hydrogen-bond acceptors (Lipinski definition) is 5. The van der Waals surface area contributed by atoms with Crippen molar-refractivity contribution >= 4 is 47.8 Å². The van der Waals surface area contributed by atoms with Crippen molar-refractivity contribution in [2.24, 2.45) is 28.7 Å². The molecule has 1 saturated heterocycles. The van der Waals surface area contributed by atoms with E-state index >= 15 is 0 Å². The lowest BCUT2D eigenvalue weighted by molar-refractivity contribution is -0.140. The zero-order valence-electron chi connectivity index (χ0n) is 20.3. The van der Waals surface area contributed by atoms with Crippen LogP contribution in [-0.2, 0) is 14.3 Å². The van der Waals surface area contributed by atoms with Crippen LogP contribution in [0.2, 0.25) is 0 Å². The Bertz CT molecular complexity index is 764. The lowest BCUT2D eigenvalue weighted by atomic mass is 9.85. The van der Waals surface area contributed by atoms with Gasteiger partial charge in [-0.25, -0.2) is 4.79 Å². The number of ether oxygens (including phenoxy) is 1. The van der Waals surface area contributed by atoms with Crippen LogP contribution in [0.15, 0.2) is 17.1 Å². The zero-order valence-corrected chi connectivity index (χ0v) is 22.6. The molecule has 9 nitrogen and oxygen atoms in total. The number of rotatable bonds is 8. The SMILES string of the molecule is CCCN(CCNC(=NC)NCCN1C(=O)C2C3C=CC(C3)C2C1=O)C(=O)OC(C)(C)C.I. The average molecular weight is 575 g/mol. The van der Waals surface area contributed by atoms with Gasteiger partial charge in [0.25, 0.3) is 0 Å². The van der Waals surface area contributed by atoms with Gasteiger partial charge in [-0.2, -0.15) is 0 Å². The molecule has 2 N–H and O–H groups in total. The van der Waals surface area contributed by atoms with E-state index in [0.29, 0.717) is 38.7 Å². The van der Waals surface area contributed by atoms with Gasteiger partial charge in [-0.1, -0.05) is 19.1 Å². The molecular weight excluding hydrogens is 537 g/mol. The van der Waals surface area contributed by atoms with E-state index in [1.165, 1.54) is 4.90 Å². The van der Waals surface area contributed by atoms with Gasteiger partial charge in [0.15, 0.2) is 5.96 Å². The van der Waals surface area contributed by atoms with Gasteiger partial charge in [0.1, 0.15) is 5.60 Å². The smallest absolute Gasteiger partial charge is 0.410 e. The van der Waals surface area contributed by atoms with E-state index in [1.54, 1.807) is 11.9 Å². The van der Waals surface area contributed by atoms with Gasteiger partial charge < -0.3 is 20.3 Å². The second kappa shape index (κ2) is 11.5. The Balaban J connectivity index is 0.00000385. The van der Waals surface area contributed by atoms with Gasteiger partial charge in [0.2, 0.25) is 11.8 Å². The van der Waals surface area contributed by atoms with Crippen LogP contribution in [0.3, 0.4) is 0 Å². The van der Waals surface area contributed by atoms with E-state index in [9.17, 15) is 14.4 Å². The van der Waals surface area contributed by atoms with Gasteiger partial charge in [-0.05, 0) is 45.4 Å². The van der Waals surface area contributed by atoms with Crippen molar-refractivity contribution in [3.05, 3.63) is 12.2 Å². The molecule has 186 valence electrons. The van der Waals surface area contributed by atoms with Crippen LogP contribution in [0, 0.1) is 23.7 Å². The molecule has 2 fully saturated rings. The van der Waals surface area contributed by atoms with Crippen LogP contribution in [0.4, 0.5) is 4.79 Å². The van der Waals surface area contributed by atoms with Crippen LogP contribution in [0.1, 0.15) is 40.5 Å². The second-order valence-electron chi connectivity index (χ2n) is 9.72. The molecule has 1 aliphatic heterocycles. The molecule has 33 heavy (non-hydrogen) atoms. The molecule has 0 radical (unpaired) electrons. The highest BCUT2D eigenvalue weighted by molar-refractivity contribution is 14.0. The van der Waals surface area contributed by atoms with E-state index in [-0.39, 0.29) is 65.6 Å². The maximum absolute atomic E-state index is 12.8. The number of nitrogens with zero attached hydrogens (tertiary/aromatic N) is 3. The van der Waals surface area contributed by atoms with Crippen molar-refractivity contribution in [1.29, 1.82) is 0 Å². The first-order chi connectivity index (χ1) is 15.2. The summed E-state index contributed by atoms with van der Waals surface area (Å²) >= 11 is 0. The summed E-state index contributed by atoms with van der Waals surface area (Å²) in [6.45, 7) is 9.90. The number of hydrogen-bond donors (Lipinski definition) is 2. The summed E-state index contributed by atoms with van der Waals surface area (Å²) in [6, 6.07) is 0. The molecule has 0 aromatic heterocycles. The summed E-state index contributed by atoms with van der Waals surface area (Å²) in [5.74, 6) is 0.629. The van der Waals surface area contributed by atoms with Crippen molar-refractivity contribution in [2.45, 2.75) is 46.1 Å². The summed E-state index contributed by atoms with van der Waals surface area (Å²) in [5.41, 5.74) is -0.535. The Labute approximate surface area is 213 Å². The molecule has 1 heterocycles. The van der Waals surface area contributed by atoms with Crippen LogP contribution in [0.25, 0.3) is 0 Å². The van der Waals surface area contributed by atoms with E-state index < -0.39 is 5.60 Å². The first kappa shape index (κ1) is 27.4. The molecule has 4 unspecified atom stereocenters. The third-order valence-electron chi connectivity index (χ3n) is 6.23. The van der Waals surface area contributed by atoms with E-state index in [2.05, 4.69) is 27.8 Å². The molecule has 0 spiro atoms. The highest BCUT2D eigenvalue weighted by Gasteiger charge is 2.58. The summed E-state index contributed by atoms with van der Waals surface area (Å²) in [5, 5.41) is 6.34. The first-order valence-corrected chi connectivity index (χ1v) is 11.6. The van der Waals surface area contributed by atoms with Crippen molar-refractivity contribution < 1.29 is 19.1 Å². The Hall–Kier alpha value is -1.85. The predicted octanol–water partition coefficient (Wildman–Crippen LogP) is 2.22. The Kier molecular flexibility index (Phi) is 9.57. The van der Waals surface area contributed by atoms with Crippen molar-refractivity contribution in [2.75, 3.05) is 39.8 Å². The lowest BCUT2D eigenvalue weighted by Gasteiger charge is -2.27. The van der Waals surface area contributed by atoms with Gasteiger partial charge >= 0.3 is 6.09 Å². The minimum Gasteiger partial charge on any atom is -0.444 e. The molecule has 3 amide bonds. The standard InChI is InChI=1S/C23H37N5O4.HI/c1-6-11-27(22(31)32-23(2,3)4)12-9-25-21(24-5)26-10-13-28-19(29)17-15-7-8-16(14-15)18(17)20(28)30;/h7-8,15-18H,6,9-14H2,1-5H3,(H2,24,25,26);1H. The summed E-state index contributed by atoms with van der Waals surface area (Å²) in [7, 11) is 1.66. The fraction of sp³-hybridized carbons (Fsp3) is 0.739. The number of likely N-dealkylation sites (tertiary alicyclic amines) is 1. The monoisotopic (exact) mass is 575 g/mol. The van der Waals surface area contributed by atoms with Gasteiger partial charge in [-0.15, -0.1) is 24.0 Å². The summed E-state index contributed by atoms with van der Waals surface area (Å²) < 4.78 is 5.47. The summed E-state index contributed by atoms with van der Waals surface area (Å²) in [6.07, 6.45) is 5.65. The highest BCUT2D eigenvalue weighted by atomic mass is 127. The maximum Gasteiger partial charge on any atom is 0.410 e. The third kappa shape index (κ3) is 6.39. The molecule has 3 rings (SSSR count). The molecule has 2 aliphatic carbocycles. The van der Waals surface area contributed by atoms with Crippen molar-refractivity contribution in [3.8, 4) is 0 Å². The Morgan fingerprint density at radius 2 is 1.70 bits per heavy atom. The first-order valence-electron chi connectivity index (χ1n) is 11.6. The number of amides is 3. The fourth-order valence-corrected chi connectivity index (χ4v) is 4.89. The van der Waals surface area contributed by atoms with Crippen molar-refractivity contribution in [1.82, 2.24) is 20.4 Å². The number of nitrogens with one attached hydrogen (secondary N) is 2. The molecule has 4 atom stereocenters. The minimum absolute atomic E-state index is 0. The molecule has 0 aromatic carbocycles. The maximum atomic E-state index is 12.8. The molecule has 10 heteroatoms. The minimum atomic E-state index is -0.535. The third-order valence-corrected chi connectivity index (χ3v) is 6.23. The highest BCUT2D eigenvalue weighted by Crippen LogP contribution is 2.52. The van der Waals surface area contributed by atoms with Gasteiger partial charge in [-0.3, -0.25) is 19.5 Å². The Morgan fingerprint density at radius 3 is 2.21 bits per heavy atom. The number of aliphatic imine (C=N–C) groups is 1. The predicted molar refractivity (Wildman–Crippen MR) is 137 cm³/mol. The number of fused-ring (bicyclic) bond motifs is 5. The number of halogens is 1. The van der Waals surface area contributed by atoms with Gasteiger partial charge in [0.05, 0.1) is 11.8 Å². The fourth-order valence-electron chi connectivity index (χ4n) is 4.89. The normalized spacial score (nSPS) is 25.7. The molecule has 0 aromatic rings. The van der Waals surface area contributed by atoms with Crippen LogP contribution in [0.5, 0.6) is 0 Å². The summed E-state index contributed by atoms with van der Waals surface area (Å²) in [4.78, 5) is 45.1. The van der Waals surface area contributed by atoms with Crippen LogP contribution in [-0.4, -0.2) is 79.0 Å². The van der Waals surface area contributed by atoms with Crippen molar-refractivity contribution in [3.63, 3.8) is 0 Å². The topological polar surface area (TPSA) is 103 Å². The van der Waals surface area contributed by atoms with Crippen LogP contribution < -0.4 is 10.6 Å². The number of imide groups is 1. The number of guanidine groups is 1. The quantitative estimate of drug-likeness (QED) is 0.151. The van der Waals surface area contributed by atoms with Crippen LogP contribution >= 0.6 is 24.0 Å². The lowest BCUT2D eigenvalue weighted by Crippen LogP contribution is -2.46. The Morgan fingerprint density at radius 1 is 1.12 bits per heavy atom. The second-order valence-corrected chi connectivity index (χ2v) is 9.72. The molecule has 3 aliphatic rings. The molecule has 2 bridgehead atoms. The number of carbonyl (C=O) groups is 3. The number of allylic oxidation sites excluding steroid dienone is 2. The average Bonchev–Trinajstić information content (AvgIpc) is 3.40.